The lowest BCUT2D eigenvalue weighted by Crippen LogP contribution is -2.26. The molecule has 0 saturated carbocycles. The van der Waals surface area contributed by atoms with E-state index in [0.29, 0.717) is 0 Å². The van der Waals surface area contributed by atoms with Crippen molar-refractivity contribution < 1.29 is 9.47 Å². The van der Waals surface area contributed by atoms with Gasteiger partial charge in [0.25, 0.3) is 0 Å². The molecular formula is C11H14ClN3O2. The van der Waals surface area contributed by atoms with Crippen molar-refractivity contribution in [3.8, 4) is 24.4 Å². The Morgan fingerprint density at radius 3 is 2.35 bits per heavy atom. The molecule has 0 spiro atoms. The van der Waals surface area contributed by atoms with Crippen molar-refractivity contribution in [2.75, 3.05) is 0 Å². The zero-order chi connectivity index (χ0) is 13.1. The Morgan fingerprint density at radius 1 is 1.24 bits per heavy atom. The van der Waals surface area contributed by atoms with E-state index in [0.717, 1.165) is 0 Å². The fraction of sp³-hybridized carbons (Fsp3) is 0.545. The lowest BCUT2D eigenvalue weighted by atomic mass is 10.2. The van der Waals surface area contributed by atoms with Crippen LogP contribution in [-0.2, 0) is 0 Å². The predicted molar refractivity (Wildman–Crippen MR) is 64.1 cm³/mol. The minimum Gasteiger partial charge on any atom is -0.461 e. The number of halogens is 1. The Hall–Kier alpha value is -1.54. The van der Waals surface area contributed by atoms with Gasteiger partial charge in [0, 0.05) is 0 Å². The second-order valence-corrected chi connectivity index (χ2v) is 4.43. The molecule has 0 bridgehead atoms. The average Bonchev–Trinajstić information content (AvgIpc) is 2.14. The normalized spacial score (nSPS) is 11.1. The first kappa shape index (κ1) is 13.5. The van der Waals surface area contributed by atoms with E-state index in [2.05, 4.69) is 20.9 Å². The monoisotopic (exact) mass is 255 g/mol. The number of terminal acetylenes is 1. The van der Waals surface area contributed by atoms with Crippen molar-refractivity contribution in [3.63, 3.8) is 0 Å². The largest absolute Gasteiger partial charge is 0.461 e. The first-order chi connectivity index (χ1) is 7.82. The third kappa shape index (κ3) is 4.45. The Balaban J connectivity index is 2.94. The van der Waals surface area contributed by atoms with Crippen LogP contribution in [-0.4, -0.2) is 26.7 Å². The summed E-state index contributed by atoms with van der Waals surface area (Å²) in [6.45, 7) is 7.13. The van der Waals surface area contributed by atoms with Gasteiger partial charge in [-0.2, -0.15) is 9.97 Å². The van der Waals surface area contributed by atoms with Gasteiger partial charge in [-0.05, 0) is 39.3 Å². The van der Waals surface area contributed by atoms with Gasteiger partial charge < -0.3 is 9.47 Å². The number of hydrogen-bond acceptors (Lipinski definition) is 5. The van der Waals surface area contributed by atoms with E-state index in [4.69, 9.17) is 27.5 Å². The summed E-state index contributed by atoms with van der Waals surface area (Å²) in [7, 11) is 0. The summed E-state index contributed by atoms with van der Waals surface area (Å²) in [5.41, 5.74) is -0.820. The smallest absolute Gasteiger partial charge is 0.325 e. The van der Waals surface area contributed by atoms with Crippen LogP contribution in [0.2, 0.25) is 5.28 Å². The van der Waals surface area contributed by atoms with Crippen LogP contribution in [0, 0.1) is 12.3 Å². The molecule has 0 fully saturated rings. The number of aromatic nitrogens is 3. The summed E-state index contributed by atoms with van der Waals surface area (Å²) >= 11 is 5.73. The standard InChI is InChI=1S/C11H14ClN3O2/c1-6-11(4,5)17-10-14-8(12)13-9(15-10)16-7(2)3/h1,7H,2-5H3. The fourth-order valence-corrected chi connectivity index (χ4v) is 1.03. The van der Waals surface area contributed by atoms with Gasteiger partial charge >= 0.3 is 12.0 Å². The van der Waals surface area contributed by atoms with Gasteiger partial charge in [0.15, 0.2) is 5.60 Å². The van der Waals surface area contributed by atoms with Crippen molar-refractivity contribution in [2.45, 2.75) is 39.4 Å². The molecule has 0 atom stereocenters. The summed E-state index contributed by atoms with van der Waals surface area (Å²) in [6, 6.07) is 0.159. The van der Waals surface area contributed by atoms with Crippen molar-refractivity contribution >= 4 is 11.6 Å². The van der Waals surface area contributed by atoms with Crippen LogP contribution >= 0.6 is 11.6 Å². The number of hydrogen-bond donors (Lipinski definition) is 0. The molecule has 0 aliphatic rings. The Kier molecular flexibility index (Phi) is 4.13. The van der Waals surface area contributed by atoms with E-state index in [-0.39, 0.29) is 23.4 Å². The molecular weight excluding hydrogens is 242 g/mol. The third-order valence-electron chi connectivity index (χ3n) is 1.60. The van der Waals surface area contributed by atoms with Crippen molar-refractivity contribution in [1.82, 2.24) is 15.0 Å². The van der Waals surface area contributed by atoms with E-state index in [1.54, 1.807) is 13.8 Å². The molecule has 0 radical (unpaired) electrons. The molecule has 0 N–H and O–H groups in total. The highest BCUT2D eigenvalue weighted by Gasteiger charge is 2.19. The van der Waals surface area contributed by atoms with Crippen LogP contribution in [0.25, 0.3) is 0 Å². The van der Waals surface area contributed by atoms with Crippen LogP contribution in [0.5, 0.6) is 12.0 Å². The first-order valence-corrected chi connectivity index (χ1v) is 5.45. The van der Waals surface area contributed by atoms with Crippen molar-refractivity contribution in [3.05, 3.63) is 5.28 Å². The minimum absolute atomic E-state index is 0.00142. The zero-order valence-corrected chi connectivity index (χ0v) is 10.9. The highest BCUT2D eigenvalue weighted by Crippen LogP contribution is 2.18. The zero-order valence-electron chi connectivity index (χ0n) is 10.2. The van der Waals surface area contributed by atoms with E-state index in [1.165, 1.54) is 0 Å². The molecule has 0 aliphatic carbocycles. The Morgan fingerprint density at radius 2 is 1.82 bits per heavy atom. The maximum atomic E-state index is 5.73. The molecule has 0 amide bonds. The summed E-state index contributed by atoms with van der Waals surface area (Å²) in [5.74, 6) is 2.46. The molecule has 1 heterocycles. The van der Waals surface area contributed by atoms with Gasteiger partial charge in [0.2, 0.25) is 5.28 Å². The molecule has 1 rings (SSSR count). The molecule has 17 heavy (non-hydrogen) atoms. The summed E-state index contributed by atoms with van der Waals surface area (Å²) < 4.78 is 10.7. The lowest BCUT2D eigenvalue weighted by Gasteiger charge is -2.18. The highest BCUT2D eigenvalue weighted by atomic mass is 35.5. The molecule has 0 saturated heterocycles. The highest BCUT2D eigenvalue weighted by molar-refractivity contribution is 6.28. The van der Waals surface area contributed by atoms with Crippen LogP contribution < -0.4 is 9.47 Å². The second-order valence-electron chi connectivity index (χ2n) is 4.09. The van der Waals surface area contributed by atoms with Gasteiger partial charge in [0.1, 0.15) is 0 Å². The first-order valence-electron chi connectivity index (χ1n) is 5.07. The topological polar surface area (TPSA) is 57.1 Å². The molecule has 0 aromatic carbocycles. The van der Waals surface area contributed by atoms with Gasteiger partial charge in [-0.3, -0.25) is 0 Å². The Bertz CT molecular complexity index is 441. The molecule has 0 unspecified atom stereocenters. The molecule has 6 heteroatoms. The van der Waals surface area contributed by atoms with Crippen LogP contribution in [0.4, 0.5) is 0 Å². The maximum absolute atomic E-state index is 5.73. The van der Waals surface area contributed by atoms with Crippen LogP contribution in [0.15, 0.2) is 0 Å². The van der Waals surface area contributed by atoms with Gasteiger partial charge in [-0.15, -0.1) is 11.4 Å². The van der Waals surface area contributed by atoms with Gasteiger partial charge in [0.05, 0.1) is 6.10 Å². The Labute approximate surface area is 106 Å². The number of rotatable bonds is 4. The summed E-state index contributed by atoms with van der Waals surface area (Å²) in [4.78, 5) is 11.6. The number of nitrogens with zero attached hydrogens (tertiary/aromatic N) is 3. The van der Waals surface area contributed by atoms with E-state index >= 15 is 0 Å². The van der Waals surface area contributed by atoms with Crippen LogP contribution in [0.1, 0.15) is 27.7 Å². The van der Waals surface area contributed by atoms with Gasteiger partial charge in [-0.1, -0.05) is 5.92 Å². The molecule has 0 aliphatic heterocycles. The van der Waals surface area contributed by atoms with E-state index < -0.39 is 5.60 Å². The molecule has 1 aromatic heterocycles. The van der Waals surface area contributed by atoms with E-state index in [9.17, 15) is 0 Å². The summed E-state index contributed by atoms with van der Waals surface area (Å²) in [6.07, 6.45) is 5.23. The van der Waals surface area contributed by atoms with Crippen LogP contribution in [0.3, 0.4) is 0 Å². The van der Waals surface area contributed by atoms with Crippen molar-refractivity contribution in [1.29, 1.82) is 0 Å². The predicted octanol–water partition coefficient (Wildman–Crippen LogP) is 2.10. The van der Waals surface area contributed by atoms with E-state index in [1.807, 2.05) is 13.8 Å². The SMILES string of the molecule is C#CC(C)(C)Oc1nc(Cl)nc(OC(C)C)n1. The van der Waals surface area contributed by atoms with Gasteiger partial charge in [-0.25, -0.2) is 0 Å². The third-order valence-corrected chi connectivity index (χ3v) is 1.77. The average molecular weight is 256 g/mol. The summed E-state index contributed by atoms with van der Waals surface area (Å²) in [5, 5.41) is -0.00142. The molecule has 1 aromatic rings. The lowest BCUT2D eigenvalue weighted by molar-refractivity contribution is 0.149. The minimum atomic E-state index is -0.820. The van der Waals surface area contributed by atoms with Crippen molar-refractivity contribution in [2.24, 2.45) is 0 Å². The number of ether oxygens (including phenoxy) is 2. The second kappa shape index (κ2) is 5.19. The fourth-order valence-electron chi connectivity index (χ4n) is 0.882. The quantitative estimate of drug-likeness (QED) is 0.771. The molecule has 92 valence electrons. The molecule has 5 nitrogen and oxygen atoms in total. The maximum Gasteiger partial charge on any atom is 0.325 e.